The van der Waals surface area contributed by atoms with Crippen molar-refractivity contribution >= 4 is 12.1 Å². The summed E-state index contributed by atoms with van der Waals surface area (Å²) in [5.74, 6) is 0.415. The van der Waals surface area contributed by atoms with Crippen molar-refractivity contribution in [3.05, 3.63) is 35.9 Å². The first kappa shape index (κ1) is 17.9. The van der Waals surface area contributed by atoms with Crippen LogP contribution in [-0.2, 0) is 4.79 Å². The molecule has 0 bridgehead atoms. The standard InChI is InChI=1S/C20H29N3O2/c1-16(17-6-4-3-5-7-17)14-19(24)23-12-9-20(25,10-13-23)15-18-8-11-21-22(18)2/h3-7,11,16,18,25H,8-10,12-15H2,1-2H3/t16-,18?/m1/s1. The van der Waals surface area contributed by atoms with Crippen LogP contribution < -0.4 is 0 Å². The fraction of sp³-hybridized carbons (Fsp3) is 0.600. The highest BCUT2D eigenvalue weighted by atomic mass is 16.3. The molecule has 1 aromatic rings. The smallest absolute Gasteiger partial charge is 0.223 e. The third-order valence-electron chi connectivity index (χ3n) is 5.68. The second kappa shape index (κ2) is 7.56. The van der Waals surface area contributed by atoms with E-state index in [1.54, 1.807) is 0 Å². The van der Waals surface area contributed by atoms with Gasteiger partial charge in [0.25, 0.3) is 0 Å². The van der Waals surface area contributed by atoms with Crippen LogP contribution in [0.25, 0.3) is 0 Å². The molecular formula is C20H29N3O2. The number of likely N-dealkylation sites (tertiary alicyclic amines) is 1. The lowest BCUT2D eigenvalue weighted by Crippen LogP contribution is -2.49. The molecule has 3 rings (SSSR count). The molecule has 2 heterocycles. The number of amides is 1. The Morgan fingerprint density at radius 1 is 1.32 bits per heavy atom. The van der Waals surface area contributed by atoms with E-state index in [0.717, 1.165) is 12.8 Å². The van der Waals surface area contributed by atoms with E-state index in [9.17, 15) is 9.90 Å². The highest BCUT2D eigenvalue weighted by Gasteiger charge is 2.37. The number of carbonyl (C=O) groups is 1. The SMILES string of the molecule is C[C@H](CC(=O)N1CCC(O)(CC2CC=NN2C)CC1)c1ccccc1. The molecule has 0 radical (unpaired) electrons. The lowest BCUT2D eigenvalue weighted by Gasteiger charge is -2.40. The van der Waals surface area contributed by atoms with Crippen LogP contribution in [0.15, 0.2) is 35.4 Å². The van der Waals surface area contributed by atoms with Gasteiger partial charge in [-0.05, 0) is 30.7 Å². The summed E-state index contributed by atoms with van der Waals surface area (Å²) in [5, 5.41) is 17.1. The molecule has 1 fully saturated rings. The fourth-order valence-electron chi connectivity index (χ4n) is 3.87. The predicted octanol–water partition coefficient (Wildman–Crippen LogP) is 2.61. The summed E-state index contributed by atoms with van der Waals surface area (Å²) >= 11 is 0. The number of hydrogen-bond donors (Lipinski definition) is 1. The molecule has 2 aliphatic rings. The van der Waals surface area contributed by atoms with Gasteiger partial charge in [-0.25, -0.2) is 0 Å². The molecule has 1 saturated heterocycles. The minimum Gasteiger partial charge on any atom is -0.390 e. The molecule has 136 valence electrons. The van der Waals surface area contributed by atoms with Gasteiger partial charge < -0.3 is 10.0 Å². The number of rotatable bonds is 5. The molecule has 0 saturated carbocycles. The average Bonchev–Trinajstić information content (AvgIpc) is 3.00. The van der Waals surface area contributed by atoms with E-state index in [4.69, 9.17) is 0 Å². The van der Waals surface area contributed by atoms with Gasteiger partial charge in [0.15, 0.2) is 0 Å². The highest BCUT2D eigenvalue weighted by molar-refractivity contribution is 5.77. The first-order chi connectivity index (χ1) is 12.0. The van der Waals surface area contributed by atoms with Crippen LogP contribution in [0, 0.1) is 0 Å². The molecule has 0 aromatic heterocycles. The van der Waals surface area contributed by atoms with Crippen LogP contribution >= 0.6 is 0 Å². The van der Waals surface area contributed by atoms with Crippen molar-refractivity contribution in [1.82, 2.24) is 9.91 Å². The van der Waals surface area contributed by atoms with Crippen molar-refractivity contribution in [3.8, 4) is 0 Å². The Morgan fingerprint density at radius 2 is 2.00 bits per heavy atom. The second-order valence-electron chi connectivity index (χ2n) is 7.59. The zero-order valence-electron chi connectivity index (χ0n) is 15.3. The van der Waals surface area contributed by atoms with Crippen LogP contribution in [0.3, 0.4) is 0 Å². The number of aliphatic hydroxyl groups is 1. The second-order valence-corrected chi connectivity index (χ2v) is 7.59. The molecule has 2 atom stereocenters. The first-order valence-electron chi connectivity index (χ1n) is 9.27. The maximum Gasteiger partial charge on any atom is 0.223 e. The largest absolute Gasteiger partial charge is 0.390 e. The molecule has 5 heteroatoms. The van der Waals surface area contributed by atoms with Crippen molar-refractivity contribution in [2.24, 2.45) is 5.10 Å². The van der Waals surface area contributed by atoms with Crippen molar-refractivity contribution in [2.75, 3.05) is 20.1 Å². The minimum atomic E-state index is -0.672. The van der Waals surface area contributed by atoms with E-state index >= 15 is 0 Å². The van der Waals surface area contributed by atoms with Crippen molar-refractivity contribution in [2.45, 2.75) is 56.6 Å². The third kappa shape index (κ3) is 4.40. The summed E-state index contributed by atoms with van der Waals surface area (Å²) in [6.07, 6.45) is 5.38. The summed E-state index contributed by atoms with van der Waals surface area (Å²) in [5.41, 5.74) is 0.530. The summed E-state index contributed by atoms with van der Waals surface area (Å²) < 4.78 is 0. The predicted molar refractivity (Wildman–Crippen MR) is 99.5 cm³/mol. The minimum absolute atomic E-state index is 0.194. The number of benzene rings is 1. The molecule has 1 amide bonds. The van der Waals surface area contributed by atoms with Gasteiger partial charge in [-0.1, -0.05) is 37.3 Å². The van der Waals surface area contributed by atoms with Crippen molar-refractivity contribution in [1.29, 1.82) is 0 Å². The zero-order valence-corrected chi connectivity index (χ0v) is 15.3. The van der Waals surface area contributed by atoms with Crippen LogP contribution in [0.4, 0.5) is 0 Å². The van der Waals surface area contributed by atoms with Gasteiger partial charge >= 0.3 is 0 Å². The monoisotopic (exact) mass is 343 g/mol. The molecule has 5 nitrogen and oxygen atoms in total. The number of nitrogens with zero attached hydrogens (tertiary/aromatic N) is 3. The Labute approximate surface area is 150 Å². The molecule has 2 aliphatic heterocycles. The van der Waals surface area contributed by atoms with Crippen molar-refractivity contribution in [3.63, 3.8) is 0 Å². The van der Waals surface area contributed by atoms with Gasteiger partial charge in [0.2, 0.25) is 5.91 Å². The molecule has 1 aromatic carbocycles. The number of carbonyl (C=O) groups excluding carboxylic acids is 1. The Hall–Kier alpha value is -1.88. The zero-order chi connectivity index (χ0) is 17.9. The van der Waals surface area contributed by atoms with Gasteiger partial charge in [-0.2, -0.15) is 5.10 Å². The van der Waals surface area contributed by atoms with E-state index in [-0.39, 0.29) is 17.9 Å². The van der Waals surface area contributed by atoms with Crippen LogP contribution in [0.5, 0.6) is 0 Å². The maximum atomic E-state index is 12.6. The molecule has 0 aliphatic carbocycles. The number of piperidine rings is 1. The van der Waals surface area contributed by atoms with Gasteiger partial charge in [0.1, 0.15) is 0 Å². The fourth-order valence-corrected chi connectivity index (χ4v) is 3.87. The maximum absolute atomic E-state index is 12.6. The van der Waals surface area contributed by atoms with E-state index in [2.05, 4.69) is 24.2 Å². The summed E-state index contributed by atoms with van der Waals surface area (Å²) in [4.78, 5) is 14.5. The highest BCUT2D eigenvalue weighted by Crippen LogP contribution is 2.31. The number of hydrogen-bond acceptors (Lipinski definition) is 4. The normalized spacial score (nSPS) is 23.7. The summed E-state index contributed by atoms with van der Waals surface area (Å²) in [6.45, 7) is 3.39. The lowest BCUT2D eigenvalue weighted by atomic mass is 9.84. The Balaban J connectivity index is 1.49. The van der Waals surface area contributed by atoms with Gasteiger partial charge in [-0.15, -0.1) is 0 Å². The molecule has 1 unspecified atom stereocenters. The van der Waals surface area contributed by atoms with E-state index in [1.807, 2.05) is 41.4 Å². The third-order valence-corrected chi connectivity index (χ3v) is 5.68. The lowest BCUT2D eigenvalue weighted by molar-refractivity contribution is -0.136. The molecular weight excluding hydrogens is 314 g/mol. The average molecular weight is 343 g/mol. The Morgan fingerprint density at radius 3 is 2.60 bits per heavy atom. The van der Waals surface area contributed by atoms with Crippen LogP contribution in [0.1, 0.15) is 50.5 Å². The van der Waals surface area contributed by atoms with Gasteiger partial charge in [0.05, 0.1) is 11.6 Å². The Kier molecular flexibility index (Phi) is 5.42. The summed E-state index contributed by atoms with van der Waals surface area (Å²) in [6, 6.07) is 10.5. The Bertz CT molecular complexity index is 609. The van der Waals surface area contributed by atoms with Gasteiger partial charge in [0, 0.05) is 39.2 Å². The first-order valence-corrected chi connectivity index (χ1v) is 9.27. The molecule has 0 spiro atoms. The van der Waals surface area contributed by atoms with Crippen LogP contribution in [-0.4, -0.2) is 58.9 Å². The molecule has 25 heavy (non-hydrogen) atoms. The van der Waals surface area contributed by atoms with Gasteiger partial charge in [-0.3, -0.25) is 9.80 Å². The summed E-state index contributed by atoms with van der Waals surface area (Å²) in [7, 11) is 1.96. The topological polar surface area (TPSA) is 56.1 Å². The van der Waals surface area contributed by atoms with Crippen molar-refractivity contribution < 1.29 is 9.90 Å². The van der Waals surface area contributed by atoms with E-state index in [0.29, 0.717) is 32.4 Å². The van der Waals surface area contributed by atoms with E-state index < -0.39 is 5.60 Å². The molecule has 1 N–H and O–H groups in total. The number of hydrazone groups is 1. The quantitative estimate of drug-likeness (QED) is 0.894. The van der Waals surface area contributed by atoms with E-state index in [1.165, 1.54) is 5.56 Å². The van der Waals surface area contributed by atoms with Crippen LogP contribution in [0.2, 0.25) is 0 Å².